The topological polar surface area (TPSA) is 59.6 Å². The Kier molecular flexibility index (Phi) is 6.15. The van der Waals surface area contributed by atoms with Crippen molar-refractivity contribution in [3.05, 3.63) is 26.4 Å². The van der Waals surface area contributed by atoms with Gasteiger partial charge in [0.15, 0.2) is 0 Å². The van der Waals surface area contributed by atoms with Crippen molar-refractivity contribution < 1.29 is 0 Å². The van der Waals surface area contributed by atoms with Crippen LogP contribution in [0.15, 0.2) is 14.6 Å². The van der Waals surface area contributed by atoms with Crippen LogP contribution in [0.1, 0.15) is 51.5 Å². The molecule has 1 aliphatic heterocycles. The van der Waals surface area contributed by atoms with Gasteiger partial charge in [0.1, 0.15) is 5.82 Å². The molecule has 24 heavy (non-hydrogen) atoms. The summed E-state index contributed by atoms with van der Waals surface area (Å²) in [5, 5.41) is 0. The minimum Gasteiger partial charge on any atom is -0.307 e. The molecule has 1 aromatic rings. The maximum absolute atomic E-state index is 12.7. The fraction of sp³-hybridized carbons (Fsp3) is 0.722. The maximum Gasteiger partial charge on any atom is 0.332 e. The smallest absolute Gasteiger partial charge is 0.307 e. The normalized spacial score (nSPS) is 14.8. The molecule has 0 radical (unpaired) electrons. The first-order valence-corrected chi connectivity index (χ1v) is 8.92. The lowest BCUT2D eigenvalue weighted by molar-refractivity contribution is 0.290. The molecule has 0 fully saturated rings. The Labute approximate surface area is 143 Å². The van der Waals surface area contributed by atoms with Gasteiger partial charge in [-0.2, -0.15) is 0 Å². The van der Waals surface area contributed by atoms with E-state index in [0.717, 1.165) is 37.8 Å². The van der Waals surface area contributed by atoms with E-state index in [0.29, 0.717) is 30.4 Å². The number of aliphatic imine (C=N–C) groups is 1. The van der Waals surface area contributed by atoms with E-state index in [4.69, 9.17) is 0 Å². The standard InChI is InChI=1S/C18H30N4O2/c1-6-9-14-12-15-16(19-14)21(5)18(24)22(17(15)23)11-8-7-10-13(2)20(3)4/h13H,6-12H2,1-5H3/t13-/m0/s1. The summed E-state index contributed by atoms with van der Waals surface area (Å²) in [6, 6.07) is 0.509. The van der Waals surface area contributed by atoms with Crippen LogP contribution in [0.4, 0.5) is 5.82 Å². The van der Waals surface area contributed by atoms with Gasteiger partial charge in [-0.25, -0.2) is 9.79 Å². The first-order valence-electron chi connectivity index (χ1n) is 8.92. The Morgan fingerprint density at radius 1 is 1.25 bits per heavy atom. The number of hydrogen-bond donors (Lipinski definition) is 0. The van der Waals surface area contributed by atoms with E-state index in [-0.39, 0.29) is 11.2 Å². The highest BCUT2D eigenvalue weighted by Crippen LogP contribution is 2.23. The minimum atomic E-state index is -0.249. The third-order valence-corrected chi connectivity index (χ3v) is 4.93. The molecule has 1 aromatic heterocycles. The highest BCUT2D eigenvalue weighted by atomic mass is 16.2. The quantitative estimate of drug-likeness (QED) is 0.684. The molecular weight excluding hydrogens is 304 g/mol. The van der Waals surface area contributed by atoms with Gasteiger partial charge >= 0.3 is 5.69 Å². The van der Waals surface area contributed by atoms with Gasteiger partial charge in [-0.05, 0) is 40.3 Å². The van der Waals surface area contributed by atoms with Gasteiger partial charge in [-0.1, -0.05) is 19.8 Å². The second-order valence-corrected chi connectivity index (χ2v) is 7.01. The van der Waals surface area contributed by atoms with Gasteiger partial charge < -0.3 is 4.90 Å². The Hall–Kier alpha value is -1.69. The van der Waals surface area contributed by atoms with Crippen LogP contribution in [-0.2, 0) is 20.0 Å². The lowest BCUT2D eigenvalue weighted by Crippen LogP contribution is -2.40. The molecule has 0 bridgehead atoms. The molecule has 0 N–H and O–H groups in total. The Balaban J connectivity index is 2.12. The average Bonchev–Trinajstić information content (AvgIpc) is 2.96. The molecule has 0 spiro atoms. The van der Waals surface area contributed by atoms with Crippen molar-refractivity contribution in [3.8, 4) is 0 Å². The van der Waals surface area contributed by atoms with Crippen LogP contribution in [0.3, 0.4) is 0 Å². The number of aromatic nitrogens is 2. The monoisotopic (exact) mass is 334 g/mol. The summed E-state index contributed by atoms with van der Waals surface area (Å²) in [6.07, 6.45) is 5.38. The summed E-state index contributed by atoms with van der Waals surface area (Å²) in [5.74, 6) is 0.561. The number of nitrogens with zero attached hydrogens (tertiary/aromatic N) is 4. The van der Waals surface area contributed by atoms with Crippen LogP contribution >= 0.6 is 0 Å². The molecule has 6 heteroatoms. The number of unbranched alkanes of at least 4 members (excludes halogenated alkanes) is 1. The van der Waals surface area contributed by atoms with Gasteiger partial charge in [0.05, 0.1) is 5.56 Å². The van der Waals surface area contributed by atoms with Crippen LogP contribution < -0.4 is 11.2 Å². The zero-order valence-electron chi connectivity index (χ0n) is 15.6. The molecule has 6 nitrogen and oxygen atoms in total. The molecule has 0 unspecified atom stereocenters. The fourth-order valence-electron chi connectivity index (χ4n) is 3.11. The summed E-state index contributed by atoms with van der Waals surface area (Å²) < 4.78 is 2.92. The summed E-state index contributed by atoms with van der Waals surface area (Å²) in [6.45, 7) is 4.77. The minimum absolute atomic E-state index is 0.149. The van der Waals surface area contributed by atoms with Crippen molar-refractivity contribution in [1.29, 1.82) is 0 Å². The molecule has 1 aliphatic rings. The van der Waals surface area contributed by atoms with Crippen LogP contribution in [0, 0.1) is 0 Å². The third kappa shape index (κ3) is 3.86. The predicted octanol–water partition coefficient (Wildman–Crippen LogP) is 2.10. The van der Waals surface area contributed by atoms with E-state index in [2.05, 4.69) is 37.8 Å². The Morgan fingerprint density at radius 3 is 2.58 bits per heavy atom. The van der Waals surface area contributed by atoms with Gasteiger partial charge in [0, 0.05) is 31.8 Å². The van der Waals surface area contributed by atoms with Crippen LogP contribution in [-0.4, -0.2) is 39.9 Å². The third-order valence-electron chi connectivity index (χ3n) is 4.93. The van der Waals surface area contributed by atoms with Crippen LogP contribution in [0.2, 0.25) is 0 Å². The zero-order chi connectivity index (χ0) is 17.9. The molecule has 134 valence electrons. The molecule has 0 amide bonds. The van der Waals surface area contributed by atoms with Gasteiger partial charge in [0.25, 0.3) is 5.56 Å². The fourth-order valence-corrected chi connectivity index (χ4v) is 3.11. The molecule has 2 heterocycles. The number of hydrogen-bond acceptors (Lipinski definition) is 4. The number of rotatable bonds is 8. The zero-order valence-corrected chi connectivity index (χ0v) is 15.6. The van der Waals surface area contributed by atoms with E-state index in [1.54, 1.807) is 7.05 Å². The summed E-state index contributed by atoms with van der Waals surface area (Å²) >= 11 is 0. The maximum atomic E-state index is 12.7. The van der Waals surface area contributed by atoms with Gasteiger partial charge in [-0.3, -0.25) is 13.9 Å². The van der Waals surface area contributed by atoms with E-state index < -0.39 is 0 Å². The van der Waals surface area contributed by atoms with Crippen molar-refractivity contribution >= 4 is 11.5 Å². The summed E-state index contributed by atoms with van der Waals surface area (Å²) in [5.41, 5.74) is 1.30. The molecule has 2 rings (SSSR count). The van der Waals surface area contributed by atoms with E-state index in [1.807, 2.05) is 0 Å². The summed E-state index contributed by atoms with van der Waals surface area (Å²) in [4.78, 5) is 31.9. The molecule has 0 saturated heterocycles. The van der Waals surface area contributed by atoms with Crippen LogP contribution in [0.5, 0.6) is 0 Å². The predicted molar refractivity (Wildman–Crippen MR) is 98.7 cm³/mol. The van der Waals surface area contributed by atoms with Crippen molar-refractivity contribution in [2.24, 2.45) is 12.0 Å². The van der Waals surface area contributed by atoms with Gasteiger partial charge in [-0.15, -0.1) is 0 Å². The van der Waals surface area contributed by atoms with E-state index in [1.165, 1.54) is 9.13 Å². The second kappa shape index (κ2) is 7.92. The molecular formula is C18H30N4O2. The van der Waals surface area contributed by atoms with Gasteiger partial charge in [0.2, 0.25) is 0 Å². The SMILES string of the molecule is CCCC1=Nc2c(c(=O)n(CCCC[C@H](C)N(C)C)c(=O)n2C)C1. The second-order valence-electron chi connectivity index (χ2n) is 7.01. The van der Waals surface area contributed by atoms with E-state index >= 15 is 0 Å². The molecule has 0 saturated carbocycles. The van der Waals surface area contributed by atoms with Crippen molar-refractivity contribution in [1.82, 2.24) is 14.0 Å². The highest BCUT2D eigenvalue weighted by molar-refractivity contribution is 5.93. The highest BCUT2D eigenvalue weighted by Gasteiger charge is 2.23. The largest absolute Gasteiger partial charge is 0.332 e. The lowest BCUT2D eigenvalue weighted by atomic mass is 10.1. The Morgan fingerprint density at radius 2 is 1.96 bits per heavy atom. The Bertz CT molecular complexity index is 728. The average molecular weight is 334 g/mol. The molecule has 0 aliphatic carbocycles. The van der Waals surface area contributed by atoms with E-state index in [9.17, 15) is 9.59 Å². The van der Waals surface area contributed by atoms with Crippen molar-refractivity contribution in [2.75, 3.05) is 14.1 Å². The first kappa shape index (κ1) is 18.6. The lowest BCUT2D eigenvalue weighted by Gasteiger charge is -2.19. The molecule has 0 aromatic carbocycles. The molecule has 1 atom stereocenters. The number of fused-ring (bicyclic) bond motifs is 1. The summed E-state index contributed by atoms with van der Waals surface area (Å²) in [7, 11) is 5.85. The first-order chi connectivity index (χ1) is 11.4. The van der Waals surface area contributed by atoms with Crippen LogP contribution in [0.25, 0.3) is 0 Å². The van der Waals surface area contributed by atoms with Crippen molar-refractivity contribution in [2.45, 2.75) is 65.0 Å². The van der Waals surface area contributed by atoms with Crippen molar-refractivity contribution in [3.63, 3.8) is 0 Å².